The van der Waals surface area contributed by atoms with Gasteiger partial charge in [0.1, 0.15) is 0 Å². The molecule has 0 unspecified atom stereocenters. The van der Waals surface area contributed by atoms with Gasteiger partial charge in [0, 0.05) is 18.8 Å². The fourth-order valence-electron chi connectivity index (χ4n) is 1.65. The first-order valence-corrected chi connectivity index (χ1v) is 7.22. The molecule has 0 spiro atoms. The van der Waals surface area contributed by atoms with Gasteiger partial charge in [-0.2, -0.15) is 0 Å². The highest BCUT2D eigenvalue weighted by atomic mass is 32.2. The van der Waals surface area contributed by atoms with Crippen LogP contribution in [0.5, 0.6) is 0 Å². The zero-order valence-corrected chi connectivity index (χ0v) is 11.5. The molecule has 94 valence electrons. The smallest absolute Gasteiger partial charge is 0.281 e. The van der Waals surface area contributed by atoms with Gasteiger partial charge in [-0.15, -0.1) is 0 Å². The number of rotatable bonds is 6. The van der Waals surface area contributed by atoms with Crippen LogP contribution in [-0.2, 0) is 6.42 Å². The van der Waals surface area contributed by atoms with Gasteiger partial charge in [-0.05, 0) is 32.3 Å². The summed E-state index contributed by atoms with van der Waals surface area (Å²) in [7, 11) is 0. The first kappa shape index (κ1) is 14.1. The van der Waals surface area contributed by atoms with E-state index >= 15 is 0 Å². The van der Waals surface area contributed by atoms with Crippen LogP contribution in [0, 0.1) is 0 Å². The normalized spacial score (nSPS) is 10.2. The van der Waals surface area contributed by atoms with Crippen molar-refractivity contribution in [3.05, 3.63) is 35.9 Å². The number of amides is 1. The number of hydrogen-bond acceptors (Lipinski definition) is 2. The first-order chi connectivity index (χ1) is 8.27. The molecule has 2 nitrogen and oxygen atoms in total. The second kappa shape index (κ2) is 8.18. The highest BCUT2D eigenvalue weighted by molar-refractivity contribution is 8.13. The predicted octanol–water partition coefficient (Wildman–Crippen LogP) is 3.81. The summed E-state index contributed by atoms with van der Waals surface area (Å²) in [6.07, 6.45) is 2.11. The number of hydrogen-bond donors (Lipinski definition) is 0. The fraction of sp³-hybridized carbons (Fsp3) is 0.500. The Bertz CT molecular complexity index is 322. The van der Waals surface area contributed by atoms with E-state index < -0.39 is 0 Å². The van der Waals surface area contributed by atoms with Gasteiger partial charge in [0.05, 0.1) is 0 Å². The van der Waals surface area contributed by atoms with Gasteiger partial charge in [0.2, 0.25) is 0 Å². The van der Waals surface area contributed by atoms with Crippen molar-refractivity contribution < 1.29 is 4.79 Å². The molecule has 17 heavy (non-hydrogen) atoms. The molecule has 1 aromatic carbocycles. The molecule has 0 atom stereocenters. The molecule has 0 aliphatic heterocycles. The summed E-state index contributed by atoms with van der Waals surface area (Å²) in [5.41, 5.74) is 1.35. The van der Waals surface area contributed by atoms with E-state index in [-0.39, 0.29) is 5.24 Å². The van der Waals surface area contributed by atoms with Crippen LogP contribution in [0.15, 0.2) is 30.3 Å². The monoisotopic (exact) mass is 251 g/mol. The molecule has 0 aliphatic rings. The Hall–Kier alpha value is -0.960. The van der Waals surface area contributed by atoms with Crippen molar-refractivity contribution in [2.75, 3.05) is 18.8 Å². The van der Waals surface area contributed by atoms with Crippen molar-refractivity contribution in [3.8, 4) is 0 Å². The van der Waals surface area contributed by atoms with Crippen molar-refractivity contribution in [2.24, 2.45) is 0 Å². The number of benzene rings is 1. The highest BCUT2D eigenvalue weighted by Crippen LogP contribution is 2.12. The molecule has 0 bridgehead atoms. The number of nitrogens with zero attached hydrogens (tertiary/aromatic N) is 1. The third-order valence-corrected chi connectivity index (χ3v) is 3.70. The lowest BCUT2D eigenvalue weighted by atomic mass is 10.1. The quantitative estimate of drug-likeness (QED) is 0.716. The lowest BCUT2D eigenvalue weighted by molar-refractivity contribution is 0.228. The van der Waals surface area contributed by atoms with Crippen LogP contribution in [0.1, 0.15) is 25.8 Å². The fourth-order valence-corrected chi connectivity index (χ4v) is 2.56. The largest absolute Gasteiger partial charge is 0.334 e. The van der Waals surface area contributed by atoms with Crippen LogP contribution < -0.4 is 0 Å². The lowest BCUT2D eigenvalue weighted by Crippen LogP contribution is -2.27. The molecule has 3 heteroatoms. The molecular formula is C14H21NOS. The summed E-state index contributed by atoms with van der Waals surface area (Å²) in [5, 5.41) is 0.211. The standard InChI is InChI=1S/C14H21NOS/c1-3-15(4-2)14(16)17-12-8-11-13-9-6-5-7-10-13/h5-7,9-10H,3-4,8,11-12H2,1-2H3. The van der Waals surface area contributed by atoms with Crippen molar-refractivity contribution in [1.29, 1.82) is 0 Å². The van der Waals surface area contributed by atoms with Gasteiger partial charge in [0.25, 0.3) is 5.24 Å². The average molecular weight is 251 g/mol. The summed E-state index contributed by atoms with van der Waals surface area (Å²) in [6.45, 7) is 5.65. The predicted molar refractivity (Wildman–Crippen MR) is 75.5 cm³/mol. The van der Waals surface area contributed by atoms with Gasteiger partial charge in [-0.3, -0.25) is 4.79 Å². The summed E-state index contributed by atoms with van der Waals surface area (Å²) in [5.74, 6) is 0.907. The molecule has 1 aromatic rings. The van der Waals surface area contributed by atoms with Gasteiger partial charge in [-0.1, -0.05) is 42.1 Å². The summed E-state index contributed by atoms with van der Waals surface area (Å²) >= 11 is 1.44. The third kappa shape index (κ3) is 5.26. The summed E-state index contributed by atoms with van der Waals surface area (Å²) in [4.78, 5) is 13.6. The topological polar surface area (TPSA) is 20.3 Å². The highest BCUT2D eigenvalue weighted by Gasteiger charge is 2.08. The zero-order chi connectivity index (χ0) is 12.5. The van der Waals surface area contributed by atoms with E-state index in [1.807, 2.05) is 24.8 Å². The van der Waals surface area contributed by atoms with Crippen molar-refractivity contribution in [3.63, 3.8) is 0 Å². The van der Waals surface area contributed by atoms with Crippen molar-refractivity contribution >= 4 is 17.0 Å². The minimum atomic E-state index is 0.211. The molecule has 0 radical (unpaired) electrons. The maximum absolute atomic E-state index is 11.7. The number of aryl methyl sites for hydroxylation is 1. The SMILES string of the molecule is CCN(CC)C(=O)SCCCc1ccccc1. The van der Waals surface area contributed by atoms with Crippen molar-refractivity contribution in [2.45, 2.75) is 26.7 Å². The van der Waals surface area contributed by atoms with Crippen molar-refractivity contribution in [1.82, 2.24) is 4.90 Å². The average Bonchev–Trinajstić information content (AvgIpc) is 2.37. The van der Waals surface area contributed by atoms with Crippen LogP contribution in [0.3, 0.4) is 0 Å². The molecule has 0 aromatic heterocycles. The van der Waals surface area contributed by atoms with E-state index in [9.17, 15) is 4.79 Å². The second-order valence-corrected chi connectivity index (χ2v) is 4.92. The number of carbonyl (C=O) groups is 1. The number of thioether (sulfide) groups is 1. The third-order valence-electron chi connectivity index (χ3n) is 2.70. The van der Waals surface area contributed by atoms with E-state index in [4.69, 9.17) is 0 Å². The zero-order valence-electron chi connectivity index (χ0n) is 10.7. The van der Waals surface area contributed by atoms with Gasteiger partial charge >= 0.3 is 0 Å². The van der Waals surface area contributed by atoms with E-state index in [1.165, 1.54) is 17.3 Å². The summed E-state index contributed by atoms with van der Waals surface area (Å²) in [6, 6.07) is 10.4. The molecule has 0 fully saturated rings. The van der Waals surface area contributed by atoms with E-state index in [1.54, 1.807) is 0 Å². The Labute approximate surface area is 108 Å². The molecule has 1 amide bonds. The van der Waals surface area contributed by atoms with Gasteiger partial charge in [-0.25, -0.2) is 0 Å². The van der Waals surface area contributed by atoms with Crippen LogP contribution in [-0.4, -0.2) is 29.0 Å². The second-order valence-electron chi connectivity index (χ2n) is 3.88. The molecule has 0 saturated heterocycles. The van der Waals surface area contributed by atoms with Crippen LogP contribution in [0.4, 0.5) is 4.79 Å². The van der Waals surface area contributed by atoms with Gasteiger partial charge < -0.3 is 4.90 Å². The van der Waals surface area contributed by atoms with E-state index in [0.717, 1.165) is 31.7 Å². The van der Waals surface area contributed by atoms with Crippen LogP contribution >= 0.6 is 11.8 Å². The Kier molecular flexibility index (Phi) is 6.78. The Morgan fingerprint density at radius 3 is 2.41 bits per heavy atom. The maximum atomic E-state index is 11.7. The maximum Gasteiger partial charge on any atom is 0.281 e. The van der Waals surface area contributed by atoms with Crippen LogP contribution in [0.2, 0.25) is 0 Å². The number of carbonyl (C=O) groups excluding carboxylic acids is 1. The van der Waals surface area contributed by atoms with Gasteiger partial charge in [0.15, 0.2) is 0 Å². The summed E-state index contributed by atoms with van der Waals surface area (Å²) < 4.78 is 0. The minimum Gasteiger partial charge on any atom is -0.334 e. The molecule has 1 rings (SSSR count). The molecule has 0 N–H and O–H groups in total. The Balaban J connectivity index is 2.18. The molecule has 0 aliphatic carbocycles. The lowest BCUT2D eigenvalue weighted by Gasteiger charge is -2.17. The van der Waals surface area contributed by atoms with Crippen LogP contribution in [0.25, 0.3) is 0 Å². The van der Waals surface area contributed by atoms with E-state index in [2.05, 4.69) is 24.3 Å². The van der Waals surface area contributed by atoms with E-state index in [0.29, 0.717) is 0 Å². The Morgan fingerprint density at radius 1 is 1.18 bits per heavy atom. The Morgan fingerprint density at radius 2 is 1.82 bits per heavy atom. The molecular weight excluding hydrogens is 230 g/mol. The minimum absolute atomic E-state index is 0.211. The molecule has 0 saturated carbocycles. The molecule has 0 heterocycles. The first-order valence-electron chi connectivity index (χ1n) is 6.23.